The fourth-order valence-electron chi connectivity index (χ4n) is 1.63. The van der Waals surface area contributed by atoms with Gasteiger partial charge in [-0.05, 0) is 39.7 Å². The Morgan fingerprint density at radius 2 is 2.00 bits per heavy atom. The van der Waals surface area contributed by atoms with Gasteiger partial charge in [-0.25, -0.2) is 4.39 Å². The Morgan fingerprint density at radius 3 is 2.65 bits per heavy atom. The van der Waals surface area contributed by atoms with Gasteiger partial charge < -0.3 is 10.5 Å². The lowest BCUT2D eigenvalue weighted by molar-refractivity contribution is 0.417. The quantitative estimate of drug-likeness (QED) is 0.854. The van der Waals surface area contributed by atoms with Crippen molar-refractivity contribution in [2.24, 2.45) is 0 Å². The Kier molecular flexibility index (Phi) is 3.33. The van der Waals surface area contributed by atoms with Crippen molar-refractivity contribution in [3.8, 4) is 16.9 Å². The summed E-state index contributed by atoms with van der Waals surface area (Å²) in [5.74, 6) is 0.293. The molecule has 2 nitrogen and oxygen atoms in total. The van der Waals surface area contributed by atoms with Crippen molar-refractivity contribution in [3.63, 3.8) is 0 Å². The summed E-state index contributed by atoms with van der Waals surface area (Å²) in [6, 6.07) is 10.4. The van der Waals surface area contributed by atoms with Crippen molar-refractivity contribution in [2.75, 3.05) is 12.8 Å². The molecule has 2 aromatic rings. The zero-order chi connectivity index (χ0) is 12.4. The minimum absolute atomic E-state index is 0.294. The molecule has 0 heterocycles. The molecule has 88 valence electrons. The van der Waals surface area contributed by atoms with Crippen LogP contribution in [0.2, 0.25) is 0 Å². The van der Waals surface area contributed by atoms with Crippen LogP contribution in [0.1, 0.15) is 0 Å². The van der Waals surface area contributed by atoms with Crippen LogP contribution in [0.4, 0.5) is 10.1 Å². The number of nitrogens with two attached hydrogens (primary N) is 1. The lowest BCUT2D eigenvalue weighted by Gasteiger charge is -2.08. The van der Waals surface area contributed by atoms with E-state index in [9.17, 15) is 4.39 Å². The van der Waals surface area contributed by atoms with Gasteiger partial charge in [-0.3, -0.25) is 0 Å². The van der Waals surface area contributed by atoms with Crippen LogP contribution in [-0.4, -0.2) is 7.11 Å². The van der Waals surface area contributed by atoms with Crippen LogP contribution in [0.3, 0.4) is 0 Å². The largest absolute Gasteiger partial charge is 0.495 e. The number of rotatable bonds is 2. The van der Waals surface area contributed by atoms with Gasteiger partial charge in [-0.2, -0.15) is 0 Å². The van der Waals surface area contributed by atoms with E-state index in [2.05, 4.69) is 15.9 Å². The highest BCUT2D eigenvalue weighted by Gasteiger charge is 2.09. The van der Waals surface area contributed by atoms with Crippen molar-refractivity contribution in [1.29, 1.82) is 0 Å². The second-order valence-electron chi connectivity index (χ2n) is 3.56. The average molecular weight is 296 g/mol. The molecule has 0 saturated carbocycles. The number of halogens is 2. The Hall–Kier alpha value is -1.55. The smallest absolute Gasteiger partial charge is 0.145 e. The number of nitrogen functional groups attached to an aromatic ring is 1. The van der Waals surface area contributed by atoms with Gasteiger partial charge >= 0.3 is 0 Å². The number of benzene rings is 2. The Balaban J connectivity index is 2.54. The molecule has 2 N–H and O–H groups in total. The predicted octanol–water partition coefficient (Wildman–Crippen LogP) is 3.85. The van der Waals surface area contributed by atoms with Crippen LogP contribution >= 0.6 is 15.9 Å². The summed E-state index contributed by atoms with van der Waals surface area (Å²) in [5.41, 5.74) is 7.52. The molecule has 2 aromatic carbocycles. The first-order valence-corrected chi connectivity index (χ1v) is 5.80. The van der Waals surface area contributed by atoms with Gasteiger partial charge in [-0.15, -0.1) is 0 Å². The molecule has 0 radical (unpaired) electrons. The number of ether oxygens (including phenoxy) is 1. The summed E-state index contributed by atoms with van der Waals surface area (Å²) in [4.78, 5) is 0. The highest BCUT2D eigenvalue weighted by molar-refractivity contribution is 9.10. The summed E-state index contributed by atoms with van der Waals surface area (Å²) < 4.78 is 19.4. The molecule has 0 spiro atoms. The molecule has 2 rings (SSSR count). The van der Waals surface area contributed by atoms with Crippen LogP contribution in [-0.2, 0) is 0 Å². The molecular weight excluding hydrogens is 285 g/mol. The predicted molar refractivity (Wildman–Crippen MR) is 70.5 cm³/mol. The molecule has 0 aliphatic carbocycles. The first-order valence-electron chi connectivity index (χ1n) is 5.01. The summed E-state index contributed by atoms with van der Waals surface area (Å²) in [6.45, 7) is 0. The molecule has 0 atom stereocenters. The minimum atomic E-state index is -0.294. The van der Waals surface area contributed by atoms with Gasteiger partial charge in [0.05, 0.1) is 17.3 Å². The lowest BCUT2D eigenvalue weighted by Crippen LogP contribution is -1.93. The number of anilines is 1. The number of hydrogen-bond donors (Lipinski definition) is 1. The van der Waals surface area contributed by atoms with Crippen molar-refractivity contribution >= 4 is 21.6 Å². The third-order valence-corrected chi connectivity index (χ3v) is 3.10. The Bertz CT molecular complexity index is 557. The van der Waals surface area contributed by atoms with Crippen molar-refractivity contribution < 1.29 is 9.13 Å². The van der Waals surface area contributed by atoms with E-state index in [0.717, 1.165) is 5.56 Å². The number of hydrogen-bond acceptors (Lipinski definition) is 2. The average Bonchev–Trinajstić information content (AvgIpc) is 2.32. The zero-order valence-electron chi connectivity index (χ0n) is 9.21. The summed E-state index contributed by atoms with van der Waals surface area (Å²) in [5, 5.41) is 0. The molecule has 0 unspecified atom stereocenters. The van der Waals surface area contributed by atoms with Crippen LogP contribution in [0.15, 0.2) is 40.9 Å². The van der Waals surface area contributed by atoms with Crippen LogP contribution in [0.5, 0.6) is 5.75 Å². The first-order chi connectivity index (χ1) is 8.13. The van der Waals surface area contributed by atoms with E-state index < -0.39 is 0 Å². The topological polar surface area (TPSA) is 35.2 Å². The molecule has 4 heteroatoms. The Morgan fingerprint density at radius 1 is 1.24 bits per heavy atom. The van der Waals surface area contributed by atoms with E-state index in [1.807, 2.05) is 0 Å². The minimum Gasteiger partial charge on any atom is -0.495 e. The molecule has 0 saturated heterocycles. The second kappa shape index (κ2) is 4.75. The standard InChI is InChI=1S/C13H11BrFNO/c1-17-12-6-5-8(7-11(12)16)9-3-2-4-10(14)13(9)15/h2-7H,16H2,1H3. The van der Waals surface area contributed by atoms with E-state index >= 15 is 0 Å². The normalized spacial score (nSPS) is 10.3. The van der Waals surface area contributed by atoms with Crippen molar-refractivity contribution in [3.05, 3.63) is 46.7 Å². The molecule has 0 aliphatic heterocycles. The summed E-state index contributed by atoms with van der Waals surface area (Å²) in [7, 11) is 1.55. The zero-order valence-corrected chi connectivity index (χ0v) is 10.8. The maximum atomic E-state index is 13.9. The third-order valence-electron chi connectivity index (χ3n) is 2.49. The number of methoxy groups -OCH3 is 1. The fourth-order valence-corrected chi connectivity index (χ4v) is 1.99. The van der Waals surface area contributed by atoms with Crippen LogP contribution < -0.4 is 10.5 Å². The van der Waals surface area contributed by atoms with Crippen molar-refractivity contribution in [1.82, 2.24) is 0 Å². The molecule has 0 bridgehead atoms. The van der Waals surface area contributed by atoms with Gasteiger partial charge in [0.1, 0.15) is 11.6 Å². The molecular formula is C13H11BrFNO. The van der Waals surface area contributed by atoms with Gasteiger partial charge in [0.2, 0.25) is 0 Å². The molecule has 17 heavy (non-hydrogen) atoms. The highest BCUT2D eigenvalue weighted by Crippen LogP contribution is 2.32. The maximum Gasteiger partial charge on any atom is 0.145 e. The Labute approximate surface area is 107 Å². The van der Waals surface area contributed by atoms with Crippen molar-refractivity contribution in [2.45, 2.75) is 0 Å². The van der Waals surface area contributed by atoms with Crippen LogP contribution in [0, 0.1) is 5.82 Å². The maximum absolute atomic E-state index is 13.9. The lowest BCUT2D eigenvalue weighted by atomic mass is 10.0. The van der Waals surface area contributed by atoms with E-state index in [1.165, 1.54) is 0 Å². The highest BCUT2D eigenvalue weighted by atomic mass is 79.9. The van der Waals surface area contributed by atoms with Gasteiger partial charge in [-0.1, -0.05) is 18.2 Å². The molecule has 0 fully saturated rings. The van der Waals surface area contributed by atoms with E-state index in [1.54, 1.807) is 43.5 Å². The van der Waals surface area contributed by atoms with Crippen LogP contribution in [0.25, 0.3) is 11.1 Å². The van der Waals surface area contributed by atoms with E-state index in [4.69, 9.17) is 10.5 Å². The third kappa shape index (κ3) is 2.26. The van der Waals surface area contributed by atoms with E-state index in [0.29, 0.717) is 21.5 Å². The monoisotopic (exact) mass is 295 g/mol. The molecule has 0 aliphatic rings. The van der Waals surface area contributed by atoms with E-state index in [-0.39, 0.29) is 5.82 Å². The first kappa shape index (κ1) is 11.9. The molecule has 0 aromatic heterocycles. The van der Waals surface area contributed by atoms with Gasteiger partial charge in [0.15, 0.2) is 0 Å². The summed E-state index contributed by atoms with van der Waals surface area (Å²) >= 11 is 3.16. The fraction of sp³-hybridized carbons (Fsp3) is 0.0769. The van der Waals surface area contributed by atoms with Gasteiger partial charge in [0.25, 0.3) is 0 Å². The molecule has 0 amide bonds. The van der Waals surface area contributed by atoms with Gasteiger partial charge in [0, 0.05) is 5.56 Å². The second-order valence-corrected chi connectivity index (χ2v) is 4.41. The summed E-state index contributed by atoms with van der Waals surface area (Å²) in [6.07, 6.45) is 0. The SMILES string of the molecule is COc1ccc(-c2cccc(Br)c2F)cc1N.